The zero-order valence-electron chi connectivity index (χ0n) is 13.8. The third kappa shape index (κ3) is 6.39. The fourth-order valence-electron chi connectivity index (χ4n) is 1.96. The molecule has 6 nitrogen and oxygen atoms in total. The second-order valence-electron chi connectivity index (χ2n) is 5.56. The Hall–Kier alpha value is -2.55. The molecule has 1 aromatic carbocycles. The van der Waals surface area contributed by atoms with E-state index in [1.165, 1.54) is 4.90 Å². The van der Waals surface area contributed by atoms with Crippen molar-refractivity contribution < 1.29 is 14.3 Å². The van der Waals surface area contributed by atoms with Gasteiger partial charge in [0.05, 0.1) is 12.5 Å². The molecule has 0 aromatic heterocycles. The Morgan fingerprint density at radius 3 is 2.52 bits per heavy atom. The average Bonchev–Trinajstić information content (AvgIpc) is 2.55. The summed E-state index contributed by atoms with van der Waals surface area (Å²) in [6.45, 7) is 3.91. The van der Waals surface area contributed by atoms with E-state index in [0.717, 1.165) is 0 Å². The number of rotatable bonds is 8. The highest BCUT2D eigenvalue weighted by Crippen LogP contribution is 2.09. The summed E-state index contributed by atoms with van der Waals surface area (Å²) in [6, 6.07) is 10.4. The third-order valence-corrected chi connectivity index (χ3v) is 3.30. The molecule has 0 fully saturated rings. The zero-order valence-corrected chi connectivity index (χ0v) is 13.8. The summed E-state index contributed by atoms with van der Waals surface area (Å²) >= 11 is 0. The van der Waals surface area contributed by atoms with Crippen LogP contribution >= 0.6 is 0 Å². The molecule has 1 atom stereocenters. The molecule has 124 valence electrons. The first-order chi connectivity index (χ1) is 11.0. The van der Waals surface area contributed by atoms with Crippen molar-refractivity contribution >= 4 is 11.8 Å². The number of likely N-dealkylation sites (N-methyl/N-ethyl adjacent to an activating group) is 1. The summed E-state index contributed by atoms with van der Waals surface area (Å²) in [4.78, 5) is 25.8. The average molecular weight is 317 g/mol. The van der Waals surface area contributed by atoms with E-state index in [2.05, 4.69) is 5.32 Å². The smallest absolute Gasteiger partial charge is 0.258 e. The van der Waals surface area contributed by atoms with Crippen LogP contribution in [0.3, 0.4) is 0 Å². The van der Waals surface area contributed by atoms with Gasteiger partial charge in [0.25, 0.3) is 5.91 Å². The van der Waals surface area contributed by atoms with Crippen molar-refractivity contribution in [1.29, 1.82) is 5.26 Å². The highest BCUT2D eigenvalue weighted by molar-refractivity contribution is 5.88. The van der Waals surface area contributed by atoms with Gasteiger partial charge in [0.15, 0.2) is 6.61 Å². The first-order valence-corrected chi connectivity index (χ1v) is 7.54. The van der Waals surface area contributed by atoms with Crippen LogP contribution in [0.15, 0.2) is 30.3 Å². The monoisotopic (exact) mass is 317 g/mol. The molecule has 0 saturated carbocycles. The summed E-state index contributed by atoms with van der Waals surface area (Å²) < 4.78 is 5.37. The molecular formula is C17H23N3O3. The van der Waals surface area contributed by atoms with Crippen LogP contribution in [0.5, 0.6) is 5.75 Å². The Morgan fingerprint density at radius 1 is 1.30 bits per heavy atom. The summed E-state index contributed by atoms with van der Waals surface area (Å²) in [5, 5.41) is 11.3. The first kappa shape index (κ1) is 18.5. The van der Waals surface area contributed by atoms with E-state index in [0.29, 0.717) is 12.3 Å². The van der Waals surface area contributed by atoms with Crippen molar-refractivity contribution in [2.75, 3.05) is 20.2 Å². The normalized spacial score (nSPS) is 11.4. The number of hydrogen-bond donors (Lipinski definition) is 1. The zero-order chi connectivity index (χ0) is 17.2. The van der Waals surface area contributed by atoms with Crippen LogP contribution in [0.1, 0.15) is 20.3 Å². The summed E-state index contributed by atoms with van der Waals surface area (Å²) in [5.41, 5.74) is 0. The number of nitriles is 1. The van der Waals surface area contributed by atoms with Crippen LogP contribution in [0, 0.1) is 17.2 Å². The van der Waals surface area contributed by atoms with E-state index in [-0.39, 0.29) is 30.8 Å². The molecule has 0 aliphatic carbocycles. The standard InChI is InChI=1S/C17H23N3O3/c1-13(2)16(17(22)20(3)11-7-10-18)19-15(21)12-23-14-8-5-4-6-9-14/h4-6,8-9,13,16H,7,11-12H2,1-3H3,(H,19,21). The molecule has 23 heavy (non-hydrogen) atoms. The molecule has 0 aliphatic rings. The van der Waals surface area contributed by atoms with Crippen molar-refractivity contribution in [3.63, 3.8) is 0 Å². The molecule has 0 heterocycles. The minimum Gasteiger partial charge on any atom is -0.484 e. The molecule has 0 bridgehead atoms. The van der Waals surface area contributed by atoms with E-state index in [1.807, 2.05) is 38.1 Å². The van der Waals surface area contributed by atoms with Crippen LogP contribution in [0.25, 0.3) is 0 Å². The molecule has 6 heteroatoms. The van der Waals surface area contributed by atoms with Crippen molar-refractivity contribution in [2.45, 2.75) is 26.3 Å². The van der Waals surface area contributed by atoms with Crippen molar-refractivity contribution in [1.82, 2.24) is 10.2 Å². The molecule has 0 aliphatic heterocycles. The number of ether oxygens (including phenoxy) is 1. The molecule has 1 unspecified atom stereocenters. The number of amides is 2. The molecule has 1 aromatic rings. The fourth-order valence-corrected chi connectivity index (χ4v) is 1.96. The van der Waals surface area contributed by atoms with Gasteiger partial charge >= 0.3 is 0 Å². The Morgan fingerprint density at radius 2 is 1.96 bits per heavy atom. The lowest BCUT2D eigenvalue weighted by Crippen LogP contribution is -2.51. The maximum Gasteiger partial charge on any atom is 0.258 e. The molecule has 0 spiro atoms. The minimum absolute atomic E-state index is 0.0623. The number of carbonyl (C=O) groups is 2. The van der Waals surface area contributed by atoms with Gasteiger partial charge in [0.2, 0.25) is 5.91 Å². The molecule has 0 saturated heterocycles. The van der Waals surface area contributed by atoms with Gasteiger partial charge in [-0.2, -0.15) is 5.26 Å². The fraction of sp³-hybridized carbons (Fsp3) is 0.471. The second kappa shape index (κ2) is 9.46. The lowest BCUT2D eigenvalue weighted by molar-refractivity contribution is -0.137. The lowest BCUT2D eigenvalue weighted by atomic mass is 10.0. The Balaban J connectivity index is 2.56. The van der Waals surface area contributed by atoms with E-state index in [9.17, 15) is 9.59 Å². The number of nitrogens with one attached hydrogen (secondary N) is 1. The van der Waals surface area contributed by atoms with Crippen molar-refractivity contribution in [3.05, 3.63) is 30.3 Å². The Bertz CT molecular complexity index is 552. The summed E-state index contributed by atoms with van der Waals surface area (Å²) in [5.74, 6) is -0.0215. The van der Waals surface area contributed by atoms with Gasteiger partial charge in [-0.05, 0) is 18.1 Å². The van der Waals surface area contributed by atoms with Crippen molar-refractivity contribution in [2.24, 2.45) is 5.92 Å². The molecule has 1 N–H and O–H groups in total. The van der Waals surface area contributed by atoms with Crippen LogP contribution in [-0.2, 0) is 9.59 Å². The highest BCUT2D eigenvalue weighted by Gasteiger charge is 2.26. The molecular weight excluding hydrogens is 294 g/mol. The van der Waals surface area contributed by atoms with Gasteiger partial charge in [-0.3, -0.25) is 9.59 Å². The maximum atomic E-state index is 12.4. The van der Waals surface area contributed by atoms with Gasteiger partial charge < -0.3 is 15.0 Å². The Labute approximate surface area is 137 Å². The first-order valence-electron chi connectivity index (χ1n) is 7.54. The van der Waals surface area contributed by atoms with Crippen LogP contribution in [0.2, 0.25) is 0 Å². The number of para-hydroxylation sites is 1. The highest BCUT2D eigenvalue weighted by atomic mass is 16.5. The number of carbonyl (C=O) groups excluding carboxylic acids is 2. The third-order valence-electron chi connectivity index (χ3n) is 3.30. The molecule has 2 amide bonds. The second-order valence-corrected chi connectivity index (χ2v) is 5.56. The van der Waals surface area contributed by atoms with E-state index in [4.69, 9.17) is 10.00 Å². The molecule has 1 rings (SSSR count). The predicted molar refractivity (Wildman–Crippen MR) is 86.6 cm³/mol. The van der Waals surface area contributed by atoms with E-state index in [1.54, 1.807) is 19.2 Å². The number of benzene rings is 1. The van der Waals surface area contributed by atoms with Crippen LogP contribution in [-0.4, -0.2) is 43.0 Å². The molecule has 0 radical (unpaired) electrons. The Kier molecular flexibility index (Phi) is 7.61. The van der Waals surface area contributed by atoms with Crippen LogP contribution < -0.4 is 10.1 Å². The van der Waals surface area contributed by atoms with Gasteiger partial charge in [0.1, 0.15) is 11.8 Å². The SMILES string of the molecule is CC(C)C(NC(=O)COc1ccccc1)C(=O)N(C)CCC#N. The quantitative estimate of drug-likeness (QED) is 0.789. The van der Waals surface area contributed by atoms with Gasteiger partial charge in [-0.15, -0.1) is 0 Å². The topological polar surface area (TPSA) is 82.4 Å². The van der Waals surface area contributed by atoms with Gasteiger partial charge in [-0.25, -0.2) is 0 Å². The number of nitrogens with zero attached hydrogens (tertiary/aromatic N) is 2. The maximum absolute atomic E-state index is 12.4. The van der Waals surface area contributed by atoms with Gasteiger partial charge in [0, 0.05) is 13.6 Å². The predicted octanol–water partition coefficient (Wildman–Crippen LogP) is 1.58. The minimum atomic E-state index is -0.634. The summed E-state index contributed by atoms with van der Waals surface area (Å²) in [6.07, 6.45) is 0.262. The van der Waals surface area contributed by atoms with Crippen LogP contribution in [0.4, 0.5) is 0 Å². The largest absolute Gasteiger partial charge is 0.484 e. The lowest BCUT2D eigenvalue weighted by Gasteiger charge is -2.26. The van der Waals surface area contributed by atoms with E-state index >= 15 is 0 Å². The number of hydrogen-bond acceptors (Lipinski definition) is 4. The van der Waals surface area contributed by atoms with Gasteiger partial charge in [-0.1, -0.05) is 32.0 Å². The summed E-state index contributed by atoms with van der Waals surface area (Å²) in [7, 11) is 1.63. The van der Waals surface area contributed by atoms with Crippen molar-refractivity contribution in [3.8, 4) is 11.8 Å². The van der Waals surface area contributed by atoms with E-state index < -0.39 is 6.04 Å².